The Balaban J connectivity index is 1.32. The van der Waals surface area contributed by atoms with Crippen molar-refractivity contribution in [1.82, 2.24) is 15.1 Å². The minimum atomic E-state index is 0.336. The molecule has 1 saturated heterocycles. The molecule has 0 unspecified atom stereocenters. The highest BCUT2D eigenvalue weighted by molar-refractivity contribution is 5.76. The average Bonchev–Trinajstić information content (AvgIpc) is 3.22. The molecular formula is C22H28N4O. The Kier molecular flexibility index (Phi) is 5.37. The lowest BCUT2D eigenvalue weighted by atomic mass is 10.0. The molecule has 0 spiro atoms. The van der Waals surface area contributed by atoms with Gasteiger partial charge >= 0.3 is 0 Å². The first kappa shape index (κ1) is 18.0. The van der Waals surface area contributed by atoms with Crippen molar-refractivity contribution in [2.75, 3.05) is 31.1 Å². The number of aromatic nitrogens is 2. The molecule has 2 fully saturated rings. The number of aryl methyl sites for hydroxylation is 1. The van der Waals surface area contributed by atoms with Crippen LogP contribution in [0.4, 0.5) is 5.82 Å². The van der Waals surface area contributed by atoms with Gasteiger partial charge in [-0.05, 0) is 37.8 Å². The summed E-state index contributed by atoms with van der Waals surface area (Å²) in [6.07, 6.45) is 5.79. The second-order valence-electron chi connectivity index (χ2n) is 7.87. The monoisotopic (exact) mass is 364 g/mol. The van der Waals surface area contributed by atoms with Gasteiger partial charge in [0.05, 0.1) is 5.69 Å². The number of carbonyl (C=O) groups is 1. The van der Waals surface area contributed by atoms with Gasteiger partial charge in [-0.3, -0.25) is 4.79 Å². The zero-order valence-electron chi connectivity index (χ0n) is 16.1. The predicted octanol–water partition coefficient (Wildman–Crippen LogP) is 3.68. The van der Waals surface area contributed by atoms with E-state index < -0.39 is 0 Å². The van der Waals surface area contributed by atoms with Gasteiger partial charge in [-0.15, -0.1) is 10.2 Å². The molecule has 1 saturated carbocycles. The van der Waals surface area contributed by atoms with Crippen LogP contribution in [0.2, 0.25) is 0 Å². The number of hydrogen-bond acceptors (Lipinski definition) is 4. The lowest BCUT2D eigenvalue weighted by Gasteiger charge is -2.35. The summed E-state index contributed by atoms with van der Waals surface area (Å²) in [7, 11) is 0. The van der Waals surface area contributed by atoms with Crippen LogP contribution in [-0.2, 0) is 4.79 Å². The number of piperazine rings is 1. The number of nitrogens with zero attached hydrogens (tertiary/aromatic N) is 4. The molecule has 142 valence electrons. The van der Waals surface area contributed by atoms with E-state index in [2.05, 4.69) is 46.3 Å². The lowest BCUT2D eigenvalue weighted by molar-refractivity contribution is -0.132. The van der Waals surface area contributed by atoms with E-state index in [1.165, 1.54) is 31.2 Å². The Bertz CT molecular complexity index is 758. The van der Waals surface area contributed by atoms with Crippen molar-refractivity contribution in [2.45, 2.75) is 39.0 Å². The van der Waals surface area contributed by atoms with Crippen molar-refractivity contribution < 1.29 is 4.79 Å². The number of carbonyl (C=O) groups excluding carboxylic acids is 1. The minimum Gasteiger partial charge on any atom is -0.352 e. The third kappa shape index (κ3) is 4.29. The molecule has 0 bridgehead atoms. The highest BCUT2D eigenvalue weighted by atomic mass is 16.2. The van der Waals surface area contributed by atoms with Crippen molar-refractivity contribution >= 4 is 11.7 Å². The third-order valence-corrected chi connectivity index (χ3v) is 5.89. The summed E-state index contributed by atoms with van der Waals surface area (Å²) < 4.78 is 0. The van der Waals surface area contributed by atoms with Crippen LogP contribution in [0.25, 0.3) is 11.3 Å². The molecule has 2 aliphatic rings. The van der Waals surface area contributed by atoms with E-state index in [0.29, 0.717) is 11.8 Å². The van der Waals surface area contributed by atoms with Gasteiger partial charge in [-0.1, -0.05) is 42.7 Å². The quantitative estimate of drug-likeness (QED) is 0.830. The Morgan fingerprint density at radius 2 is 1.67 bits per heavy atom. The first-order chi connectivity index (χ1) is 13.2. The van der Waals surface area contributed by atoms with Crippen molar-refractivity contribution in [3.05, 3.63) is 42.0 Å². The Hall–Kier alpha value is -2.43. The van der Waals surface area contributed by atoms with Crippen LogP contribution < -0.4 is 4.90 Å². The molecule has 0 radical (unpaired) electrons. The molecule has 1 aliphatic carbocycles. The maximum Gasteiger partial charge on any atom is 0.222 e. The highest BCUT2D eigenvalue weighted by Crippen LogP contribution is 2.28. The normalized spacial score (nSPS) is 18.1. The summed E-state index contributed by atoms with van der Waals surface area (Å²) in [6.45, 7) is 5.31. The summed E-state index contributed by atoms with van der Waals surface area (Å²) in [5.74, 6) is 1.85. The summed E-state index contributed by atoms with van der Waals surface area (Å²) in [5, 5.41) is 8.83. The molecule has 2 heterocycles. The largest absolute Gasteiger partial charge is 0.352 e. The molecule has 1 aliphatic heterocycles. The van der Waals surface area contributed by atoms with E-state index in [1.54, 1.807) is 0 Å². The molecule has 27 heavy (non-hydrogen) atoms. The number of anilines is 1. The molecule has 5 heteroatoms. The van der Waals surface area contributed by atoms with Gasteiger partial charge in [-0.2, -0.15) is 0 Å². The number of amides is 1. The fourth-order valence-electron chi connectivity index (χ4n) is 4.15. The van der Waals surface area contributed by atoms with Crippen LogP contribution in [-0.4, -0.2) is 47.2 Å². The SMILES string of the molecule is Cc1ccc(-c2ccc(N3CCN(C(=O)CC4CCCC4)CC3)nn2)cc1. The van der Waals surface area contributed by atoms with E-state index in [0.717, 1.165) is 49.7 Å². The second-order valence-corrected chi connectivity index (χ2v) is 7.87. The fourth-order valence-corrected chi connectivity index (χ4v) is 4.15. The van der Waals surface area contributed by atoms with Crippen LogP contribution in [0.1, 0.15) is 37.7 Å². The number of rotatable bonds is 4. The van der Waals surface area contributed by atoms with Crippen molar-refractivity contribution in [3.8, 4) is 11.3 Å². The van der Waals surface area contributed by atoms with Gasteiger partial charge in [0.25, 0.3) is 0 Å². The van der Waals surface area contributed by atoms with Crippen LogP contribution >= 0.6 is 0 Å². The Morgan fingerprint density at radius 1 is 0.963 bits per heavy atom. The summed E-state index contributed by atoms with van der Waals surface area (Å²) >= 11 is 0. The van der Waals surface area contributed by atoms with Gasteiger partial charge in [0.15, 0.2) is 5.82 Å². The molecule has 0 N–H and O–H groups in total. The molecule has 1 aromatic carbocycles. The van der Waals surface area contributed by atoms with E-state index in [1.807, 2.05) is 17.0 Å². The highest BCUT2D eigenvalue weighted by Gasteiger charge is 2.25. The molecule has 0 atom stereocenters. The van der Waals surface area contributed by atoms with Gasteiger partial charge in [0, 0.05) is 38.2 Å². The molecule has 5 nitrogen and oxygen atoms in total. The third-order valence-electron chi connectivity index (χ3n) is 5.89. The maximum atomic E-state index is 12.5. The molecular weight excluding hydrogens is 336 g/mol. The Morgan fingerprint density at radius 3 is 2.30 bits per heavy atom. The maximum absolute atomic E-state index is 12.5. The summed E-state index contributed by atoms with van der Waals surface area (Å²) in [5.41, 5.74) is 3.22. The number of benzene rings is 1. The molecule has 1 aromatic heterocycles. The molecule has 4 rings (SSSR count). The van der Waals surface area contributed by atoms with Crippen molar-refractivity contribution in [2.24, 2.45) is 5.92 Å². The van der Waals surface area contributed by atoms with E-state index in [9.17, 15) is 4.79 Å². The van der Waals surface area contributed by atoms with Gasteiger partial charge in [0.1, 0.15) is 0 Å². The lowest BCUT2D eigenvalue weighted by Crippen LogP contribution is -2.49. The van der Waals surface area contributed by atoms with Crippen LogP contribution in [0, 0.1) is 12.8 Å². The topological polar surface area (TPSA) is 49.3 Å². The zero-order chi connectivity index (χ0) is 18.6. The first-order valence-electron chi connectivity index (χ1n) is 10.1. The first-order valence-corrected chi connectivity index (χ1v) is 10.1. The van der Waals surface area contributed by atoms with Gasteiger partial charge < -0.3 is 9.80 Å². The van der Waals surface area contributed by atoms with Crippen LogP contribution in [0.3, 0.4) is 0 Å². The number of hydrogen-bond donors (Lipinski definition) is 0. The van der Waals surface area contributed by atoms with E-state index in [-0.39, 0.29) is 0 Å². The predicted molar refractivity (Wildman–Crippen MR) is 108 cm³/mol. The van der Waals surface area contributed by atoms with Crippen LogP contribution in [0.15, 0.2) is 36.4 Å². The smallest absolute Gasteiger partial charge is 0.222 e. The van der Waals surface area contributed by atoms with Crippen molar-refractivity contribution in [3.63, 3.8) is 0 Å². The standard InChI is InChI=1S/C22H28N4O/c1-17-6-8-19(9-7-17)20-10-11-21(24-23-20)25-12-14-26(15-13-25)22(27)16-18-4-2-3-5-18/h6-11,18H,2-5,12-16H2,1H3. The average molecular weight is 364 g/mol. The Labute approximate surface area is 161 Å². The zero-order valence-corrected chi connectivity index (χ0v) is 16.1. The van der Waals surface area contributed by atoms with Crippen LogP contribution in [0.5, 0.6) is 0 Å². The van der Waals surface area contributed by atoms with Crippen molar-refractivity contribution in [1.29, 1.82) is 0 Å². The van der Waals surface area contributed by atoms with E-state index in [4.69, 9.17) is 0 Å². The molecule has 1 amide bonds. The van der Waals surface area contributed by atoms with Gasteiger partial charge in [-0.25, -0.2) is 0 Å². The summed E-state index contributed by atoms with van der Waals surface area (Å²) in [4.78, 5) is 16.8. The van der Waals surface area contributed by atoms with E-state index >= 15 is 0 Å². The second kappa shape index (κ2) is 8.07. The minimum absolute atomic E-state index is 0.336. The fraction of sp³-hybridized carbons (Fsp3) is 0.500. The molecule has 2 aromatic rings. The van der Waals surface area contributed by atoms with Gasteiger partial charge in [0.2, 0.25) is 5.91 Å². The summed E-state index contributed by atoms with van der Waals surface area (Å²) in [6, 6.07) is 12.4.